The Hall–Kier alpha value is -16.5. The van der Waals surface area contributed by atoms with Crippen molar-refractivity contribution in [3.63, 3.8) is 0 Å². The highest BCUT2D eigenvalue weighted by molar-refractivity contribution is 5.99. The summed E-state index contributed by atoms with van der Waals surface area (Å²) < 4.78 is 60.1. The minimum absolute atomic E-state index is 0.129. The number of hydrogen-bond acceptors (Lipinski definition) is 23. The highest BCUT2D eigenvalue weighted by atomic mass is 19.1. The van der Waals surface area contributed by atoms with Gasteiger partial charge in [-0.1, -0.05) is 65.0 Å². The predicted molar refractivity (Wildman–Crippen MR) is 550 cm³/mol. The highest BCUT2D eigenvalue weighted by Crippen LogP contribution is 2.40. The summed E-state index contributed by atoms with van der Waals surface area (Å²) in [6.45, 7) is 13.6. The van der Waals surface area contributed by atoms with Gasteiger partial charge in [0.25, 0.3) is 0 Å². The molecule has 13 aromatic heterocycles. The zero-order valence-corrected chi connectivity index (χ0v) is 80.9. The zero-order chi connectivity index (χ0) is 98.4. The van der Waals surface area contributed by atoms with E-state index >= 15 is 0 Å². The van der Waals surface area contributed by atoms with Gasteiger partial charge in [0, 0.05) is 208 Å². The summed E-state index contributed by atoms with van der Waals surface area (Å²) in [4.78, 5) is 35.7. The van der Waals surface area contributed by atoms with Crippen LogP contribution in [0.5, 0.6) is 11.5 Å². The van der Waals surface area contributed by atoms with E-state index in [1.165, 1.54) is 23.0 Å². The molecule has 1 unspecified atom stereocenters. The molecule has 0 radical (unpaired) electrons. The molecule has 0 aliphatic carbocycles. The molecule has 145 heavy (non-hydrogen) atoms. The molecule has 8 aromatic carbocycles. The molecule has 0 saturated carbocycles. The highest BCUT2D eigenvalue weighted by Gasteiger charge is 2.32. The maximum absolute atomic E-state index is 14.5. The largest absolute Gasteiger partial charge is 0.496 e. The first-order valence-corrected chi connectivity index (χ1v) is 49.1. The molecule has 25 rings (SSSR count). The number of aryl methyl sites for hydroxylation is 3. The number of halogens is 3. The van der Waals surface area contributed by atoms with E-state index in [9.17, 15) is 13.2 Å². The number of H-pyrrole nitrogens is 6. The van der Waals surface area contributed by atoms with E-state index in [1.54, 1.807) is 87.8 Å². The Morgan fingerprint density at radius 1 is 0.366 bits per heavy atom. The van der Waals surface area contributed by atoms with E-state index in [0.717, 1.165) is 267 Å². The topological polar surface area (TPSA) is 360 Å². The van der Waals surface area contributed by atoms with E-state index in [-0.39, 0.29) is 41.4 Å². The number of fused-ring (bicyclic) bond motifs is 5. The molecule has 0 amide bonds. The number of nitrogens with zero attached hydrogens (tertiary/aromatic N) is 24. The number of nitrogens with one attached hydrogen (secondary N) is 6. The standard InChI is InChI=1S/C28H28FN7.C28H27N9.2C27H26FN7O/c1-18-5-3-7-25(29)24(18)16-35-12-4-6-22(15-35)36-17-27(32-34-36)20-8-9-26-23(14-20)28(33-31-26)21-10-11-30-19(2)13-21;1-35-27-7-3-2-6-22(27)26(33-35)17-36-14-4-5-21(16-36)37-18-25(31-34-37)20-8-9-24-23(15-20)28(32-30-24)19-10-12-29-13-11-19;2*1-36-24-6-2-5-22(28)21(24)16-35-13-3-4-19(15-35)27-30-26(33-34-27)18-7-8-23-20(14-18)25(32-31-23)17-9-11-29-12-10-17/h3,5,7-11,13-14,17,22H,4,6,12,15-16H2,1-2H3,(H,31,33);2-3,6-13,15,18,21H,4-5,14,16-17H2,1H3,(H,30,32);2*2,5-12,14,19H,3-4,13,15-16H2,1H3,(H,31,32)(H,30,33,34)/t22-;21-;19-;/m111./s1. The number of rotatable bonds is 22. The maximum atomic E-state index is 14.5. The van der Waals surface area contributed by atoms with E-state index in [2.05, 4.69) is 188 Å². The summed E-state index contributed by atoms with van der Waals surface area (Å²) in [6, 6.07) is 64.5. The van der Waals surface area contributed by atoms with Gasteiger partial charge >= 0.3 is 0 Å². The van der Waals surface area contributed by atoms with Crippen LogP contribution in [0.3, 0.4) is 0 Å². The number of methoxy groups -OCH3 is 2. The van der Waals surface area contributed by atoms with Crippen LogP contribution in [0.1, 0.15) is 121 Å². The third-order valence-corrected chi connectivity index (χ3v) is 28.2. The lowest BCUT2D eigenvalue weighted by molar-refractivity contribution is 0.160. The Morgan fingerprint density at radius 3 is 1.22 bits per heavy atom. The van der Waals surface area contributed by atoms with Crippen LogP contribution >= 0.6 is 0 Å². The molecule has 6 N–H and O–H groups in total. The number of ether oxygens (including phenoxy) is 2. The van der Waals surface area contributed by atoms with E-state index in [4.69, 9.17) is 24.5 Å². The lowest BCUT2D eigenvalue weighted by atomic mass is 9.96. The van der Waals surface area contributed by atoms with Gasteiger partial charge < -0.3 is 9.47 Å². The maximum Gasteiger partial charge on any atom is 0.181 e. The molecule has 4 fully saturated rings. The molecule has 0 spiro atoms. The molecule has 17 heterocycles. The number of benzene rings is 8. The van der Waals surface area contributed by atoms with Gasteiger partial charge in [-0.3, -0.25) is 74.8 Å². The quantitative estimate of drug-likeness (QED) is 0.0367. The molecule has 0 bridgehead atoms. The fourth-order valence-corrected chi connectivity index (χ4v) is 20.7. The number of aromatic nitrogens is 26. The van der Waals surface area contributed by atoms with Crippen LogP contribution in [0.4, 0.5) is 13.2 Å². The fraction of sp³-hybridized carbons (Fsp3) is 0.264. The number of aromatic amines is 6. The Morgan fingerprint density at radius 2 is 0.766 bits per heavy atom. The van der Waals surface area contributed by atoms with Crippen LogP contribution in [0.15, 0.2) is 256 Å². The Balaban J connectivity index is 0.000000110. The summed E-state index contributed by atoms with van der Waals surface area (Å²) >= 11 is 0. The van der Waals surface area contributed by atoms with Crippen molar-refractivity contribution in [1.29, 1.82) is 0 Å². The third-order valence-electron chi connectivity index (χ3n) is 28.2. The Bertz CT molecular complexity index is 7860. The number of piperidine rings is 4. The van der Waals surface area contributed by atoms with Crippen molar-refractivity contribution < 1.29 is 22.6 Å². The van der Waals surface area contributed by atoms with Crippen LogP contribution < -0.4 is 9.47 Å². The third kappa shape index (κ3) is 20.3. The minimum Gasteiger partial charge on any atom is -0.496 e. The van der Waals surface area contributed by atoms with Gasteiger partial charge in [0.1, 0.15) is 74.8 Å². The van der Waals surface area contributed by atoms with E-state index in [0.29, 0.717) is 53.9 Å². The molecule has 35 heteroatoms. The second-order valence-electron chi connectivity index (χ2n) is 37.7. The average molecular weight is 1940 g/mol. The number of para-hydroxylation sites is 1. The molecule has 730 valence electrons. The number of pyridine rings is 4. The van der Waals surface area contributed by atoms with Crippen LogP contribution in [0.25, 0.3) is 145 Å². The van der Waals surface area contributed by atoms with Crippen LogP contribution in [-0.4, -0.2) is 217 Å². The lowest BCUT2D eigenvalue weighted by Crippen LogP contribution is -2.36. The summed E-state index contributed by atoms with van der Waals surface area (Å²) in [7, 11) is 5.17. The molecule has 21 aromatic rings. The molecular formula is C110H107F3N30O2. The predicted octanol–water partition coefficient (Wildman–Crippen LogP) is 20.0. The van der Waals surface area contributed by atoms with Gasteiger partial charge in [-0.15, -0.1) is 10.2 Å². The van der Waals surface area contributed by atoms with Gasteiger partial charge in [0.05, 0.1) is 72.0 Å². The van der Waals surface area contributed by atoms with Crippen LogP contribution in [-0.2, 0) is 33.2 Å². The van der Waals surface area contributed by atoms with Crippen molar-refractivity contribution in [2.75, 3.05) is 66.6 Å². The lowest BCUT2D eigenvalue weighted by Gasteiger charge is -2.32. The summed E-state index contributed by atoms with van der Waals surface area (Å²) in [5.41, 5.74) is 23.3. The second-order valence-corrected chi connectivity index (χ2v) is 37.7. The van der Waals surface area contributed by atoms with Gasteiger partial charge in [-0.05, 0) is 243 Å². The van der Waals surface area contributed by atoms with E-state index < -0.39 is 0 Å². The van der Waals surface area contributed by atoms with Gasteiger partial charge in [0.2, 0.25) is 0 Å². The van der Waals surface area contributed by atoms with Crippen molar-refractivity contribution >= 4 is 54.5 Å². The first-order valence-electron chi connectivity index (χ1n) is 49.1. The first kappa shape index (κ1) is 93.5. The molecule has 4 atom stereocenters. The van der Waals surface area contributed by atoms with Crippen LogP contribution in [0.2, 0.25) is 0 Å². The monoisotopic (exact) mass is 1940 g/mol. The average Bonchev–Trinajstić information content (AvgIpc) is 1.83. The van der Waals surface area contributed by atoms with Crippen molar-refractivity contribution in [2.45, 2.75) is 115 Å². The van der Waals surface area contributed by atoms with Crippen LogP contribution in [0, 0.1) is 31.3 Å². The summed E-state index contributed by atoms with van der Waals surface area (Å²) in [5, 5.41) is 74.2. The smallest absolute Gasteiger partial charge is 0.181 e. The zero-order valence-electron chi connectivity index (χ0n) is 80.9. The van der Waals surface area contributed by atoms with Crippen molar-refractivity contribution in [3.8, 4) is 102 Å². The molecule has 4 aliphatic heterocycles. The summed E-state index contributed by atoms with van der Waals surface area (Å²) in [5.74, 6) is 3.98. The second kappa shape index (κ2) is 42.0. The minimum atomic E-state index is -0.237. The number of likely N-dealkylation sites (tertiary alicyclic amines) is 4. The first-order chi connectivity index (χ1) is 71.2. The SMILES string of the molecule is COc1cccc(F)c1CN1CCCC(c2nc(-c3ccc4[nH]nc(-c5ccncc5)c4c3)n[nH]2)C1.COc1cccc(F)c1CN1CCC[C@@H](c2nc(-c3ccc4[nH]nc(-c5ccncc5)c4c3)n[nH]2)C1.Cc1cc(-c2n[nH]c3ccc(-c4cn([C@@H]5CCCN(Cc6c(C)cccc6F)C5)nn4)cc23)ccn1.Cn1nc(CN2CCC[C@@H](n3cc(-c4ccc5[nH]nc(-c6ccncc6)c5c4)nn3)C2)c2ccccc21. The van der Waals surface area contributed by atoms with Gasteiger partial charge in [0.15, 0.2) is 11.6 Å². The number of hydrogen-bond donors (Lipinski definition) is 6. The normalized spacial score (nSPS) is 16.5. The van der Waals surface area contributed by atoms with Crippen molar-refractivity contribution in [3.05, 3.63) is 319 Å². The van der Waals surface area contributed by atoms with E-state index in [1.807, 2.05) is 138 Å². The fourth-order valence-electron chi connectivity index (χ4n) is 20.7. The van der Waals surface area contributed by atoms with Crippen molar-refractivity contribution in [2.24, 2.45) is 7.05 Å². The van der Waals surface area contributed by atoms with Crippen molar-refractivity contribution in [1.82, 2.24) is 150 Å². The molecule has 4 saturated heterocycles. The molecule has 4 aliphatic rings. The Labute approximate surface area is 832 Å². The van der Waals surface area contributed by atoms with Gasteiger partial charge in [-0.25, -0.2) is 32.5 Å². The van der Waals surface area contributed by atoms with Gasteiger partial charge in [-0.2, -0.15) is 35.7 Å². The molecular weight excluding hydrogens is 1830 g/mol. The Kier molecular flexibility index (Phi) is 27.0. The molecule has 32 nitrogen and oxygen atoms in total. The summed E-state index contributed by atoms with van der Waals surface area (Å²) in [6.07, 6.45) is 24.9.